The van der Waals surface area contributed by atoms with Gasteiger partial charge in [-0.15, -0.1) is 0 Å². The van der Waals surface area contributed by atoms with Crippen LogP contribution in [0.3, 0.4) is 0 Å². The van der Waals surface area contributed by atoms with E-state index in [0.29, 0.717) is 16.4 Å². The second kappa shape index (κ2) is 3.49. The number of hydrogen-bond donors (Lipinski definition) is 0. The Hall–Kier alpha value is -2.01. The fraction of sp³-hybridized carbons (Fsp3) is 0. The average Bonchev–Trinajstić information content (AvgIpc) is 2.42. The lowest BCUT2D eigenvalue weighted by Gasteiger charge is -1.99. The molecular formula is C12H8N2O2S. The summed E-state index contributed by atoms with van der Waals surface area (Å²) >= 11 is 0. The highest BCUT2D eigenvalue weighted by Gasteiger charge is 2.18. The molecular weight excluding hydrogens is 236 g/mol. The second-order valence-electron chi connectivity index (χ2n) is 3.63. The van der Waals surface area contributed by atoms with Gasteiger partial charge in [-0.2, -0.15) is 12.8 Å². The maximum Gasteiger partial charge on any atom is 0.285 e. The predicted octanol–water partition coefficient (Wildman–Crippen LogP) is 0.960. The molecule has 0 saturated carbocycles. The highest BCUT2D eigenvalue weighted by Crippen LogP contribution is 2.25. The van der Waals surface area contributed by atoms with Gasteiger partial charge in [0.1, 0.15) is 10.3 Å². The largest absolute Gasteiger partial charge is 0.285 e. The predicted molar refractivity (Wildman–Crippen MR) is 62.0 cm³/mol. The number of fused-ring (bicyclic) bond motifs is 2. The van der Waals surface area contributed by atoms with Crippen molar-refractivity contribution in [1.82, 2.24) is 0 Å². The van der Waals surface area contributed by atoms with Crippen molar-refractivity contribution in [3.05, 3.63) is 59.2 Å². The Morgan fingerprint density at radius 1 is 0.824 bits per heavy atom. The summed E-state index contributed by atoms with van der Waals surface area (Å²) in [5.41, 5.74) is 0.432. The van der Waals surface area contributed by atoms with Crippen LogP contribution in [0, 0.1) is 0 Å². The van der Waals surface area contributed by atoms with Crippen LogP contribution in [0.2, 0.25) is 0 Å². The van der Waals surface area contributed by atoms with Gasteiger partial charge in [0.25, 0.3) is 10.0 Å². The number of rotatable bonds is 0. The van der Waals surface area contributed by atoms with Crippen LogP contribution >= 0.6 is 0 Å². The Balaban J connectivity index is 2.55. The zero-order chi connectivity index (χ0) is 11.9. The smallest absolute Gasteiger partial charge is 0.245 e. The van der Waals surface area contributed by atoms with Crippen molar-refractivity contribution in [3.63, 3.8) is 0 Å². The van der Waals surface area contributed by atoms with E-state index >= 15 is 0 Å². The Morgan fingerprint density at radius 3 is 2.29 bits per heavy atom. The molecule has 0 N–H and O–H groups in total. The number of benzene rings is 2. The molecule has 3 rings (SSSR count). The first-order valence-corrected chi connectivity index (χ1v) is 6.49. The lowest BCUT2D eigenvalue weighted by atomic mass is 10.3. The van der Waals surface area contributed by atoms with Crippen LogP contribution in [0.15, 0.2) is 62.8 Å². The van der Waals surface area contributed by atoms with E-state index in [2.05, 4.69) is 9.39 Å². The van der Waals surface area contributed by atoms with Crippen LogP contribution in [0.1, 0.15) is 0 Å². The zero-order valence-electron chi connectivity index (χ0n) is 8.74. The topological polar surface area (TPSA) is 58.9 Å². The number of hydrogen-bond acceptors (Lipinski definition) is 3. The zero-order valence-corrected chi connectivity index (χ0v) is 9.55. The lowest BCUT2D eigenvalue weighted by Crippen LogP contribution is -2.24. The molecule has 0 unspecified atom stereocenters. The molecule has 2 aromatic rings. The van der Waals surface area contributed by atoms with Gasteiger partial charge in [0.05, 0.1) is 11.0 Å². The Labute approximate surface area is 98.0 Å². The van der Waals surface area contributed by atoms with E-state index in [-0.39, 0.29) is 4.90 Å². The summed E-state index contributed by atoms with van der Waals surface area (Å²) in [6.07, 6.45) is 0. The van der Waals surface area contributed by atoms with Gasteiger partial charge in [0, 0.05) is 0 Å². The van der Waals surface area contributed by atoms with Crippen molar-refractivity contribution in [2.45, 2.75) is 4.90 Å². The fourth-order valence-corrected chi connectivity index (χ4v) is 2.85. The summed E-state index contributed by atoms with van der Waals surface area (Å²) in [6.45, 7) is 0. The maximum atomic E-state index is 12.0. The molecule has 0 saturated heterocycles. The van der Waals surface area contributed by atoms with Gasteiger partial charge in [0.15, 0.2) is 0 Å². The van der Waals surface area contributed by atoms with Crippen LogP contribution in [0.5, 0.6) is 0 Å². The Morgan fingerprint density at radius 2 is 1.47 bits per heavy atom. The summed E-state index contributed by atoms with van der Waals surface area (Å²) in [4.78, 5) is 4.47. The van der Waals surface area contributed by atoms with Crippen LogP contribution in [0.4, 0.5) is 5.69 Å². The highest BCUT2D eigenvalue weighted by atomic mass is 32.2. The van der Waals surface area contributed by atoms with E-state index < -0.39 is 10.0 Å². The van der Waals surface area contributed by atoms with E-state index in [1.54, 1.807) is 42.5 Å². The van der Waals surface area contributed by atoms with Gasteiger partial charge in [-0.3, -0.25) is 0 Å². The molecule has 4 nitrogen and oxygen atoms in total. The first kappa shape index (κ1) is 10.2. The molecule has 0 aliphatic carbocycles. The molecule has 17 heavy (non-hydrogen) atoms. The van der Waals surface area contributed by atoms with Crippen LogP contribution in [-0.4, -0.2) is 8.42 Å². The van der Waals surface area contributed by atoms with E-state index in [9.17, 15) is 8.42 Å². The molecule has 0 aromatic heterocycles. The molecule has 0 atom stereocenters. The van der Waals surface area contributed by atoms with Gasteiger partial charge in [-0.25, -0.2) is 4.99 Å². The summed E-state index contributed by atoms with van der Waals surface area (Å²) in [5.74, 6) is 0. The molecule has 0 radical (unpaired) electrons. The minimum Gasteiger partial charge on any atom is -0.245 e. The number of nitrogens with zero attached hydrogens (tertiary/aromatic N) is 2. The van der Waals surface area contributed by atoms with E-state index in [1.165, 1.54) is 6.07 Å². The molecule has 0 spiro atoms. The summed E-state index contributed by atoms with van der Waals surface area (Å²) < 4.78 is 27.8. The molecule has 1 aliphatic rings. The van der Waals surface area contributed by atoms with Crippen molar-refractivity contribution in [1.29, 1.82) is 0 Å². The molecule has 1 heterocycles. The molecule has 5 heteroatoms. The van der Waals surface area contributed by atoms with Crippen molar-refractivity contribution < 1.29 is 8.42 Å². The third-order valence-electron chi connectivity index (χ3n) is 2.48. The molecule has 2 aromatic carbocycles. The van der Waals surface area contributed by atoms with Crippen molar-refractivity contribution >= 4 is 15.7 Å². The van der Waals surface area contributed by atoms with Gasteiger partial charge >= 0.3 is 0 Å². The highest BCUT2D eigenvalue weighted by molar-refractivity contribution is 7.90. The maximum absolute atomic E-state index is 12.0. The third kappa shape index (κ3) is 1.64. The minimum absolute atomic E-state index is 0.149. The Bertz CT molecular complexity index is 810. The van der Waals surface area contributed by atoms with Gasteiger partial charge < -0.3 is 0 Å². The van der Waals surface area contributed by atoms with Crippen LogP contribution in [0.25, 0.3) is 0 Å². The van der Waals surface area contributed by atoms with Gasteiger partial charge in [0.2, 0.25) is 0 Å². The molecule has 0 bridgehead atoms. The number of para-hydroxylation sites is 2. The fourth-order valence-electron chi connectivity index (χ4n) is 1.71. The third-order valence-corrected chi connectivity index (χ3v) is 3.82. The summed E-state index contributed by atoms with van der Waals surface area (Å²) in [6, 6.07) is 13.5. The minimum atomic E-state index is -3.66. The second-order valence-corrected chi connectivity index (χ2v) is 5.21. The van der Waals surface area contributed by atoms with Gasteiger partial charge in [-0.05, 0) is 24.3 Å². The van der Waals surface area contributed by atoms with Crippen molar-refractivity contribution in [2.75, 3.05) is 0 Å². The lowest BCUT2D eigenvalue weighted by molar-refractivity contribution is 0.597. The summed E-state index contributed by atoms with van der Waals surface area (Å²) in [5, 5.41) is 0.949. The SMILES string of the molecule is O=S1(=O)N=c2ccccc2=Nc2ccccc21. The van der Waals surface area contributed by atoms with E-state index in [4.69, 9.17) is 0 Å². The van der Waals surface area contributed by atoms with Crippen molar-refractivity contribution in [3.8, 4) is 0 Å². The van der Waals surface area contributed by atoms with E-state index in [0.717, 1.165) is 0 Å². The Kier molecular flexibility index (Phi) is 2.09. The van der Waals surface area contributed by atoms with Gasteiger partial charge in [-0.1, -0.05) is 24.3 Å². The first-order chi connectivity index (χ1) is 8.17. The molecule has 1 aliphatic heterocycles. The molecule has 0 amide bonds. The monoisotopic (exact) mass is 244 g/mol. The standard InChI is InChI=1S/C12H8N2O2S/c15-17(16)12-8-4-3-7-11(12)13-9-5-1-2-6-10(9)14-17/h1-8H. The first-order valence-electron chi connectivity index (χ1n) is 5.05. The molecule has 0 fully saturated rings. The quantitative estimate of drug-likeness (QED) is 0.693. The normalized spacial score (nSPS) is 15.8. The molecule has 84 valence electrons. The average molecular weight is 244 g/mol. The summed E-state index contributed by atoms with van der Waals surface area (Å²) in [7, 11) is -3.66. The van der Waals surface area contributed by atoms with E-state index in [1.807, 2.05) is 0 Å². The van der Waals surface area contributed by atoms with Crippen LogP contribution < -0.4 is 10.7 Å². The van der Waals surface area contributed by atoms with Crippen LogP contribution in [-0.2, 0) is 10.0 Å². The number of sulfonamides is 1. The van der Waals surface area contributed by atoms with Crippen molar-refractivity contribution in [2.24, 2.45) is 9.39 Å².